The molecule has 0 aromatic rings. The van der Waals surface area contributed by atoms with Gasteiger partial charge in [-0.25, -0.2) is 4.79 Å². The molecule has 0 aliphatic carbocycles. The van der Waals surface area contributed by atoms with Crippen molar-refractivity contribution in [3.05, 3.63) is 0 Å². The summed E-state index contributed by atoms with van der Waals surface area (Å²) >= 11 is 0. The Bertz CT molecular complexity index is 336. The molecule has 116 valence electrons. The van der Waals surface area contributed by atoms with Crippen LogP contribution in [0.4, 0.5) is 4.79 Å². The van der Waals surface area contributed by atoms with Crippen molar-refractivity contribution in [3.63, 3.8) is 0 Å². The molecule has 0 bridgehead atoms. The molecule has 0 aromatic carbocycles. The molecule has 0 saturated carbocycles. The van der Waals surface area contributed by atoms with Crippen LogP contribution < -0.4 is 5.32 Å². The fourth-order valence-corrected chi connectivity index (χ4v) is 2.42. The Labute approximate surface area is 119 Å². The van der Waals surface area contributed by atoms with Gasteiger partial charge in [0.2, 0.25) is 5.91 Å². The summed E-state index contributed by atoms with van der Waals surface area (Å²) in [6.07, 6.45) is -0.0496. The molecule has 1 aliphatic rings. The molecule has 1 rings (SSSR count). The normalized spacial score (nSPS) is 21.4. The Morgan fingerprint density at radius 3 is 2.70 bits per heavy atom. The summed E-state index contributed by atoms with van der Waals surface area (Å²) < 4.78 is 4.43. The quantitative estimate of drug-likeness (QED) is 0.722. The van der Waals surface area contributed by atoms with Crippen LogP contribution in [0.2, 0.25) is 0 Å². The second kappa shape index (κ2) is 8.06. The number of alkyl carbamates (subject to hydrolysis) is 1. The van der Waals surface area contributed by atoms with Gasteiger partial charge >= 0.3 is 6.09 Å². The maximum atomic E-state index is 12.0. The fourth-order valence-electron chi connectivity index (χ4n) is 2.42. The van der Waals surface area contributed by atoms with E-state index in [9.17, 15) is 14.7 Å². The minimum Gasteiger partial charge on any atom is -0.453 e. The summed E-state index contributed by atoms with van der Waals surface area (Å²) in [4.78, 5) is 26.9. The number of methoxy groups -OCH3 is 1. The van der Waals surface area contributed by atoms with Crippen LogP contribution in [-0.4, -0.2) is 78.9 Å². The molecule has 0 radical (unpaired) electrons. The number of aliphatic hydroxyl groups excluding tert-OH is 1. The number of hydrogen-bond donors (Lipinski definition) is 2. The Hall–Kier alpha value is -1.34. The van der Waals surface area contributed by atoms with Crippen molar-refractivity contribution in [2.45, 2.75) is 32.4 Å². The largest absolute Gasteiger partial charge is 0.453 e. The van der Waals surface area contributed by atoms with Crippen LogP contribution in [0.5, 0.6) is 0 Å². The van der Waals surface area contributed by atoms with E-state index >= 15 is 0 Å². The molecule has 0 spiro atoms. The van der Waals surface area contributed by atoms with Crippen LogP contribution in [0.3, 0.4) is 0 Å². The lowest BCUT2D eigenvalue weighted by Gasteiger charge is -2.41. The number of nitrogens with zero attached hydrogens (tertiary/aromatic N) is 2. The first kappa shape index (κ1) is 16.7. The van der Waals surface area contributed by atoms with E-state index in [1.807, 2.05) is 0 Å². The van der Waals surface area contributed by atoms with Crippen molar-refractivity contribution < 1.29 is 19.4 Å². The third-order valence-corrected chi connectivity index (χ3v) is 3.50. The number of aliphatic hydroxyl groups is 1. The molecule has 7 nitrogen and oxygen atoms in total. The summed E-state index contributed by atoms with van der Waals surface area (Å²) in [5, 5.41) is 11.9. The molecule has 1 aliphatic heterocycles. The van der Waals surface area contributed by atoms with Crippen molar-refractivity contribution in [1.82, 2.24) is 15.1 Å². The fraction of sp³-hybridized carbons (Fsp3) is 0.846. The van der Waals surface area contributed by atoms with Crippen molar-refractivity contribution in [3.8, 4) is 0 Å². The van der Waals surface area contributed by atoms with Crippen molar-refractivity contribution in [2.75, 3.05) is 39.8 Å². The van der Waals surface area contributed by atoms with Gasteiger partial charge in [-0.05, 0) is 13.3 Å². The summed E-state index contributed by atoms with van der Waals surface area (Å²) in [5.74, 6) is -0.106. The molecule has 1 heterocycles. The zero-order valence-electron chi connectivity index (χ0n) is 12.5. The van der Waals surface area contributed by atoms with E-state index in [1.54, 1.807) is 11.8 Å². The van der Waals surface area contributed by atoms with Gasteiger partial charge in [0.05, 0.1) is 13.2 Å². The third-order valence-electron chi connectivity index (χ3n) is 3.50. The van der Waals surface area contributed by atoms with Crippen molar-refractivity contribution >= 4 is 12.0 Å². The highest BCUT2D eigenvalue weighted by atomic mass is 16.5. The first-order valence-corrected chi connectivity index (χ1v) is 6.99. The molecule has 0 aromatic heterocycles. The summed E-state index contributed by atoms with van der Waals surface area (Å²) in [6, 6.07) is 0.250. The van der Waals surface area contributed by atoms with E-state index in [4.69, 9.17) is 0 Å². The monoisotopic (exact) mass is 287 g/mol. The molecule has 1 saturated heterocycles. The van der Waals surface area contributed by atoms with Crippen LogP contribution in [0.15, 0.2) is 0 Å². The number of piperazine rings is 1. The standard InChI is InChI=1S/C13H25N3O4/c1-4-11-9-16(6-5-15(11)8-10(2)17)12(18)7-14-13(19)20-3/h10-11,17H,4-9H2,1-3H3,(H,14,19)/t10-,11-/m0/s1. The molecule has 7 heteroatoms. The van der Waals surface area contributed by atoms with E-state index in [0.29, 0.717) is 19.6 Å². The predicted octanol–water partition coefficient (Wildman–Crippen LogP) is -0.354. The van der Waals surface area contributed by atoms with Crippen LogP contribution in [0.1, 0.15) is 20.3 Å². The van der Waals surface area contributed by atoms with Gasteiger partial charge in [0.15, 0.2) is 0 Å². The predicted molar refractivity (Wildman–Crippen MR) is 74.3 cm³/mol. The Morgan fingerprint density at radius 1 is 1.45 bits per heavy atom. The van der Waals surface area contributed by atoms with Gasteiger partial charge < -0.3 is 20.1 Å². The van der Waals surface area contributed by atoms with Gasteiger partial charge in [-0.3, -0.25) is 9.69 Å². The maximum absolute atomic E-state index is 12.0. The Morgan fingerprint density at radius 2 is 2.15 bits per heavy atom. The first-order valence-electron chi connectivity index (χ1n) is 6.99. The van der Waals surface area contributed by atoms with Gasteiger partial charge in [-0.1, -0.05) is 6.92 Å². The van der Waals surface area contributed by atoms with E-state index in [0.717, 1.165) is 13.0 Å². The number of β-amino-alcohol motifs (C(OH)–C–C–N with tert-alkyl or cyclic N) is 1. The van der Waals surface area contributed by atoms with Crippen LogP contribution >= 0.6 is 0 Å². The summed E-state index contributed by atoms with van der Waals surface area (Å²) in [6.45, 7) is 6.41. The third kappa shape index (κ3) is 4.97. The van der Waals surface area contributed by atoms with Gasteiger partial charge in [0.25, 0.3) is 0 Å². The average Bonchev–Trinajstić information content (AvgIpc) is 2.44. The highest BCUT2D eigenvalue weighted by Crippen LogP contribution is 2.13. The van der Waals surface area contributed by atoms with Gasteiger partial charge in [-0.2, -0.15) is 0 Å². The van der Waals surface area contributed by atoms with Crippen LogP contribution in [0, 0.1) is 0 Å². The molecule has 2 N–H and O–H groups in total. The maximum Gasteiger partial charge on any atom is 0.407 e. The highest BCUT2D eigenvalue weighted by Gasteiger charge is 2.28. The van der Waals surface area contributed by atoms with E-state index < -0.39 is 6.09 Å². The SMILES string of the molecule is CC[C@H]1CN(C(=O)CNC(=O)OC)CCN1C[C@H](C)O. The topological polar surface area (TPSA) is 82.1 Å². The zero-order valence-corrected chi connectivity index (χ0v) is 12.5. The van der Waals surface area contributed by atoms with E-state index in [1.165, 1.54) is 7.11 Å². The number of carbonyl (C=O) groups excluding carboxylic acids is 2. The molecule has 0 unspecified atom stereocenters. The number of carbonyl (C=O) groups is 2. The lowest BCUT2D eigenvalue weighted by molar-refractivity contribution is -0.133. The molecular formula is C13H25N3O4. The highest BCUT2D eigenvalue weighted by molar-refractivity contribution is 5.82. The van der Waals surface area contributed by atoms with E-state index in [-0.39, 0.29) is 24.6 Å². The lowest BCUT2D eigenvalue weighted by Crippen LogP contribution is -2.57. The van der Waals surface area contributed by atoms with Gasteiger partial charge in [-0.15, -0.1) is 0 Å². The van der Waals surface area contributed by atoms with Crippen LogP contribution in [-0.2, 0) is 9.53 Å². The summed E-state index contributed by atoms with van der Waals surface area (Å²) in [7, 11) is 1.27. The number of rotatable bonds is 5. The molecule has 2 amide bonds. The van der Waals surface area contributed by atoms with Crippen molar-refractivity contribution in [1.29, 1.82) is 0 Å². The second-order valence-corrected chi connectivity index (χ2v) is 5.09. The molecule has 2 atom stereocenters. The second-order valence-electron chi connectivity index (χ2n) is 5.09. The molecule has 1 fully saturated rings. The molecule has 20 heavy (non-hydrogen) atoms. The Balaban J connectivity index is 2.46. The average molecular weight is 287 g/mol. The number of amides is 2. The lowest BCUT2D eigenvalue weighted by atomic mass is 10.1. The zero-order chi connectivity index (χ0) is 15.1. The van der Waals surface area contributed by atoms with E-state index in [2.05, 4.69) is 21.9 Å². The smallest absolute Gasteiger partial charge is 0.407 e. The minimum absolute atomic E-state index is 0.0422. The summed E-state index contributed by atoms with van der Waals surface area (Å²) in [5.41, 5.74) is 0. The van der Waals surface area contributed by atoms with Crippen molar-refractivity contribution in [2.24, 2.45) is 0 Å². The number of nitrogens with one attached hydrogen (secondary N) is 1. The molecular weight excluding hydrogens is 262 g/mol. The minimum atomic E-state index is -0.599. The van der Waals surface area contributed by atoms with Gasteiger partial charge in [0.1, 0.15) is 6.54 Å². The Kier molecular flexibility index (Phi) is 6.74. The number of ether oxygens (including phenoxy) is 1. The van der Waals surface area contributed by atoms with Crippen LogP contribution in [0.25, 0.3) is 0 Å². The van der Waals surface area contributed by atoms with Gasteiger partial charge in [0, 0.05) is 32.2 Å². The number of hydrogen-bond acceptors (Lipinski definition) is 5. The first-order chi connectivity index (χ1) is 9.47.